The Morgan fingerprint density at radius 2 is 2.25 bits per heavy atom. The first-order valence-electron chi connectivity index (χ1n) is 4.67. The van der Waals surface area contributed by atoms with Crippen LogP contribution in [0.2, 0.25) is 0 Å². The topological polar surface area (TPSA) is 87.5 Å². The highest BCUT2D eigenvalue weighted by Crippen LogP contribution is 2.10. The number of aliphatic carboxylic acids is 1. The summed E-state index contributed by atoms with van der Waals surface area (Å²) >= 11 is 0. The van der Waals surface area contributed by atoms with E-state index in [1.807, 2.05) is 0 Å². The predicted molar refractivity (Wildman–Crippen MR) is 55.3 cm³/mol. The number of hydrogen-bond donors (Lipinski definition) is 2. The van der Waals surface area contributed by atoms with Gasteiger partial charge in [0, 0.05) is 26.5 Å². The Morgan fingerprint density at radius 3 is 2.69 bits per heavy atom. The highest BCUT2D eigenvalue weighted by atomic mass is 16.4. The van der Waals surface area contributed by atoms with Gasteiger partial charge in [0.15, 0.2) is 0 Å². The Labute approximate surface area is 92.7 Å². The molecule has 7 nitrogen and oxygen atoms in total. The van der Waals surface area contributed by atoms with E-state index in [0.29, 0.717) is 0 Å². The second-order valence-corrected chi connectivity index (χ2v) is 3.50. The quantitative estimate of drug-likeness (QED) is 0.660. The number of nitrogens with zero attached hydrogens (tertiary/aromatic N) is 3. The molecule has 0 aliphatic heterocycles. The maximum absolute atomic E-state index is 11.4. The molecule has 1 rings (SSSR count). The number of carbonyl (C=O) groups is 2. The van der Waals surface area contributed by atoms with Gasteiger partial charge in [-0.05, 0) is 0 Å². The van der Waals surface area contributed by atoms with E-state index in [-0.39, 0.29) is 12.3 Å². The summed E-state index contributed by atoms with van der Waals surface area (Å²) in [6.45, 7) is 0. The molecule has 0 saturated heterocycles. The predicted octanol–water partition coefficient (Wildman–Crippen LogP) is -0.508. The molecule has 0 aromatic carbocycles. The van der Waals surface area contributed by atoms with Crippen LogP contribution in [0.3, 0.4) is 0 Å². The number of carboxylic acid groups (broad SMARTS) is 1. The SMILES string of the molecule is CN(C)NC(=O)CC(C(=O)O)n1ccnc1. The zero-order valence-electron chi connectivity index (χ0n) is 9.12. The number of rotatable bonds is 5. The van der Waals surface area contributed by atoms with Gasteiger partial charge in [-0.25, -0.2) is 14.8 Å². The Morgan fingerprint density at radius 1 is 1.56 bits per heavy atom. The molecule has 7 heteroatoms. The first-order valence-corrected chi connectivity index (χ1v) is 4.67. The van der Waals surface area contributed by atoms with Gasteiger partial charge in [0.2, 0.25) is 5.91 Å². The molecule has 1 unspecified atom stereocenters. The molecule has 1 amide bonds. The molecule has 0 aliphatic rings. The van der Waals surface area contributed by atoms with Crippen LogP contribution in [-0.2, 0) is 9.59 Å². The number of aromatic nitrogens is 2. The normalized spacial score (nSPS) is 12.4. The van der Waals surface area contributed by atoms with Gasteiger partial charge in [-0.1, -0.05) is 0 Å². The Hall–Kier alpha value is -1.89. The molecule has 0 fully saturated rings. The minimum atomic E-state index is -1.06. The van der Waals surface area contributed by atoms with Gasteiger partial charge in [0.1, 0.15) is 6.04 Å². The van der Waals surface area contributed by atoms with Crippen molar-refractivity contribution in [2.75, 3.05) is 14.1 Å². The molecule has 1 aromatic rings. The molecule has 16 heavy (non-hydrogen) atoms. The van der Waals surface area contributed by atoms with E-state index in [0.717, 1.165) is 0 Å². The first-order chi connectivity index (χ1) is 7.50. The van der Waals surface area contributed by atoms with Crippen molar-refractivity contribution in [2.24, 2.45) is 0 Å². The maximum Gasteiger partial charge on any atom is 0.327 e. The number of nitrogens with one attached hydrogen (secondary N) is 1. The van der Waals surface area contributed by atoms with Gasteiger partial charge in [0.25, 0.3) is 0 Å². The summed E-state index contributed by atoms with van der Waals surface area (Å²) in [6, 6.07) is -0.928. The summed E-state index contributed by atoms with van der Waals surface area (Å²) < 4.78 is 1.39. The molecule has 2 N–H and O–H groups in total. The van der Waals surface area contributed by atoms with Gasteiger partial charge in [-0.15, -0.1) is 0 Å². The van der Waals surface area contributed by atoms with E-state index in [1.54, 1.807) is 14.1 Å². The standard InChI is InChI=1S/C9H14N4O3/c1-12(2)11-8(14)5-7(9(15)16)13-4-3-10-6-13/h3-4,6-7H,5H2,1-2H3,(H,11,14)(H,15,16). The molecule has 0 saturated carbocycles. The molecule has 88 valence electrons. The van der Waals surface area contributed by atoms with Gasteiger partial charge < -0.3 is 9.67 Å². The number of hydrazine groups is 1. The number of hydrogen-bond acceptors (Lipinski definition) is 4. The lowest BCUT2D eigenvalue weighted by atomic mass is 10.2. The summed E-state index contributed by atoms with van der Waals surface area (Å²) in [6.07, 6.45) is 4.23. The van der Waals surface area contributed by atoms with Crippen LogP contribution >= 0.6 is 0 Å². The second kappa shape index (κ2) is 5.26. The Bertz CT molecular complexity index is 361. The molecule has 0 radical (unpaired) electrons. The molecule has 1 aromatic heterocycles. The van der Waals surface area contributed by atoms with E-state index in [9.17, 15) is 9.59 Å². The average Bonchev–Trinajstić information content (AvgIpc) is 2.64. The van der Waals surface area contributed by atoms with Crippen LogP contribution in [-0.4, -0.2) is 45.6 Å². The van der Waals surface area contributed by atoms with Crippen molar-refractivity contribution in [2.45, 2.75) is 12.5 Å². The van der Waals surface area contributed by atoms with Crippen LogP contribution in [0.15, 0.2) is 18.7 Å². The zero-order chi connectivity index (χ0) is 12.1. The third-order valence-corrected chi connectivity index (χ3v) is 1.90. The smallest absolute Gasteiger partial charge is 0.327 e. The van der Waals surface area contributed by atoms with E-state index in [1.165, 1.54) is 28.3 Å². The first kappa shape index (κ1) is 12.2. The number of carboxylic acids is 1. The molecular weight excluding hydrogens is 212 g/mol. The second-order valence-electron chi connectivity index (χ2n) is 3.50. The average molecular weight is 226 g/mol. The molecular formula is C9H14N4O3. The van der Waals surface area contributed by atoms with E-state index in [2.05, 4.69) is 10.4 Å². The van der Waals surface area contributed by atoms with Crippen LogP contribution in [0.4, 0.5) is 0 Å². The van der Waals surface area contributed by atoms with Crippen molar-refractivity contribution in [1.82, 2.24) is 20.0 Å². The highest BCUT2D eigenvalue weighted by Gasteiger charge is 2.22. The van der Waals surface area contributed by atoms with Crippen molar-refractivity contribution < 1.29 is 14.7 Å². The number of imidazole rings is 1. The van der Waals surface area contributed by atoms with E-state index >= 15 is 0 Å². The Kier molecular flexibility index (Phi) is 4.01. The van der Waals surface area contributed by atoms with Crippen LogP contribution in [0, 0.1) is 0 Å². The summed E-state index contributed by atoms with van der Waals surface area (Å²) in [5.74, 6) is -1.42. The van der Waals surface area contributed by atoms with Crippen molar-refractivity contribution in [3.8, 4) is 0 Å². The minimum absolute atomic E-state index is 0.135. The maximum atomic E-state index is 11.4. The van der Waals surface area contributed by atoms with Gasteiger partial charge >= 0.3 is 5.97 Å². The molecule has 1 heterocycles. The van der Waals surface area contributed by atoms with E-state index < -0.39 is 12.0 Å². The van der Waals surface area contributed by atoms with Gasteiger partial charge in [-0.2, -0.15) is 0 Å². The fourth-order valence-electron chi connectivity index (χ4n) is 1.24. The Balaban J connectivity index is 2.67. The summed E-state index contributed by atoms with van der Waals surface area (Å²) in [5, 5.41) is 10.5. The lowest BCUT2D eigenvalue weighted by Gasteiger charge is -2.16. The highest BCUT2D eigenvalue weighted by molar-refractivity contribution is 5.82. The van der Waals surface area contributed by atoms with Crippen molar-refractivity contribution in [3.05, 3.63) is 18.7 Å². The monoisotopic (exact) mass is 226 g/mol. The van der Waals surface area contributed by atoms with Crippen LogP contribution in [0.1, 0.15) is 12.5 Å². The van der Waals surface area contributed by atoms with Crippen molar-refractivity contribution in [1.29, 1.82) is 0 Å². The van der Waals surface area contributed by atoms with Crippen LogP contribution in [0.5, 0.6) is 0 Å². The summed E-state index contributed by atoms with van der Waals surface area (Å²) in [5.41, 5.74) is 2.49. The fourth-order valence-corrected chi connectivity index (χ4v) is 1.24. The summed E-state index contributed by atoms with van der Waals surface area (Å²) in [4.78, 5) is 26.1. The number of carbonyl (C=O) groups excluding carboxylic acids is 1. The molecule has 0 aliphatic carbocycles. The lowest BCUT2D eigenvalue weighted by molar-refractivity contribution is -0.143. The van der Waals surface area contributed by atoms with Gasteiger partial charge in [-0.3, -0.25) is 10.2 Å². The minimum Gasteiger partial charge on any atom is -0.480 e. The summed E-state index contributed by atoms with van der Waals surface area (Å²) in [7, 11) is 3.32. The van der Waals surface area contributed by atoms with Crippen LogP contribution in [0.25, 0.3) is 0 Å². The van der Waals surface area contributed by atoms with Gasteiger partial charge in [0.05, 0.1) is 12.7 Å². The number of amides is 1. The van der Waals surface area contributed by atoms with Crippen molar-refractivity contribution in [3.63, 3.8) is 0 Å². The lowest BCUT2D eigenvalue weighted by Crippen LogP contribution is -2.38. The van der Waals surface area contributed by atoms with E-state index in [4.69, 9.17) is 5.11 Å². The zero-order valence-corrected chi connectivity index (χ0v) is 9.12. The largest absolute Gasteiger partial charge is 0.480 e. The fraction of sp³-hybridized carbons (Fsp3) is 0.444. The van der Waals surface area contributed by atoms with Crippen molar-refractivity contribution >= 4 is 11.9 Å². The third kappa shape index (κ3) is 3.35. The molecule has 0 bridgehead atoms. The molecule has 1 atom stereocenters. The van der Waals surface area contributed by atoms with Crippen LogP contribution < -0.4 is 5.43 Å². The molecule has 0 spiro atoms. The third-order valence-electron chi connectivity index (χ3n) is 1.90.